The average molecular weight is 253 g/mol. The van der Waals surface area contributed by atoms with Crippen LogP contribution in [0.2, 0.25) is 0 Å². The predicted molar refractivity (Wildman–Crippen MR) is 60.9 cm³/mol. The van der Waals surface area contributed by atoms with E-state index < -0.39 is 11.7 Å². The zero-order valence-electron chi connectivity index (χ0n) is 9.37. The van der Waals surface area contributed by atoms with Crippen LogP contribution in [0.4, 0.5) is 10.2 Å². The molecule has 0 bridgehead atoms. The van der Waals surface area contributed by atoms with Gasteiger partial charge in [-0.3, -0.25) is 9.59 Å². The molecule has 1 aliphatic rings. The SMILES string of the molecule is NNc1nccc(C(=O)NC2CNC(=O)C2)c1F. The minimum absolute atomic E-state index is 0.139. The lowest BCUT2D eigenvalue weighted by Gasteiger charge is -2.11. The van der Waals surface area contributed by atoms with Gasteiger partial charge in [0.05, 0.1) is 11.6 Å². The van der Waals surface area contributed by atoms with Gasteiger partial charge in [-0.1, -0.05) is 0 Å². The van der Waals surface area contributed by atoms with Gasteiger partial charge in [0.25, 0.3) is 5.91 Å². The molecule has 96 valence electrons. The van der Waals surface area contributed by atoms with Crippen molar-refractivity contribution in [2.45, 2.75) is 12.5 Å². The summed E-state index contributed by atoms with van der Waals surface area (Å²) in [5, 5.41) is 5.13. The Balaban J connectivity index is 2.11. The van der Waals surface area contributed by atoms with Crippen molar-refractivity contribution < 1.29 is 14.0 Å². The number of hydrazine groups is 1. The number of nitrogens with one attached hydrogen (secondary N) is 3. The van der Waals surface area contributed by atoms with Gasteiger partial charge in [0, 0.05) is 19.2 Å². The fraction of sp³-hybridized carbons (Fsp3) is 0.300. The topological polar surface area (TPSA) is 109 Å². The van der Waals surface area contributed by atoms with E-state index in [0.29, 0.717) is 6.54 Å². The summed E-state index contributed by atoms with van der Waals surface area (Å²) in [5.41, 5.74) is 1.89. The molecule has 2 rings (SSSR count). The number of hydrogen-bond donors (Lipinski definition) is 4. The second kappa shape index (κ2) is 4.96. The summed E-state index contributed by atoms with van der Waals surface area (Å²) >= 11 is 0. The highest BCUT2D eigenvalue weighted by molar-refractivity contribution is 5.96. The Hall–Kier alpha value is -2.22. The van der Waals surface area contributed by atoms with Crippen LogP contribution in [0.3, 0.4) is 0 Å². The monoisotopic (exact) mass is 253 g/mol. The summed E-state index contributed by atoms with van der Waals surface area (Å²) in [6.07, 6.45) is 1.46. The minimum Gasteiger partial charge on any atom is -0.354 e. The Morgan fingerprint density at radius 2 is 2.39 bits per heavy atom. The molecule has 0 aliphatic carbocycles. The molecule has 18 heavy (non-hydrogen) atoms. The predicted octanol–water partition coefficient (Wildman–Crippen LogP) is -0.875. The summed E-state index contributed by atoms with van der Waals surface area (Å²) in [4.78, 5) is 26.4. The van der Waals surface area contributed by atoms with Crippen LogP contribution in [0.15, 0.2) is 12.3 Å². The number of aromatic nitrogens is 1. The van der Waals surface area contributed by atoms with Crippen molar-refractivity contribution in [3.63, 3.8) is 0 Å². The van der Waals surface area contributed by atoms with Crippen LogP contribution in [0.1, 0.15) is 16.8 Å². The molecule has 2 heterocycles. The molecule has 0 radical (unpaired) electrons. The fourth-order valence-electron chi connectivity index (χ4n) is 1.69. The molecule has 1 aliphatic heterocycles. The summed E-state index contributed by atoms with van der Waals surface area (Å²) in [6, 6.07) is 0.919. The maximum atomic E-state index is 13.7. The Labute approximate surface area is 102 Å². The third-order valence-corrected chi connectivity index (χ3v) is 2.58. The number of rotatable bonds is 3. The Kier molecular flexibility index (Phi) is 3.38. The molecule has 1 aromatic heterocycles. The maximum Gasteiger partial charge on any atom is 0.254 e. The smallest absolute Gasteiger partial charge is 0.254 e. The number of anilines is 1. The number of halogens is 1. The summed E-state index contributed by atoms with van der Waals surface area (Å²) in [7, 11) is 0. The number of hydrogen-bond acceptors (Lipinski definition) is 5. The van der Waals surface area contributed by atoms with Crippen LogP contribution in [0.5, 0.6) is 0 Å². The molecule has 0 spiro atoms. The number of carbonyl (C=O) groups is 2. The molecule has 5 N–H and O–H groups in total. The van der Waals surface area contributed by atoms with E-state index in [1.807, 2.05) is 0 Å². The highest BCUT2D eigenvalue weighted by Crippen LogP contribution is 2.14. The molecule has 8 heteroatoms. The number of nitrogens with two attached hydrogens (primary N) is 1. The lowest BCUT2D eigenvalue weighted by atomic mass is 10.2. The standard InChI is InChI=1S/C10H12FN5O2/c11-8-6(1-2-13-9(8)16-12)10(18)15-5-3-7(17)14-4-5/h1-2,5H,3-4,12H2,(H,13,16)(H,14,17)(H,15,18). The van der Waals surface area contributed by atoms with Crippen molar-refractivity contribution in [3.05, 3.63) is 23.6 Å². The van der Waals surface area contributed by atoms with E-state index in [0.717, 1.165) is 0 Å². The van der Waals surface area contributed by atoms with E-state index in [1.165, 1.54) is 12.3 Å². The first-order valence-corrected chi connectivity index (χ1v) is 5.30. The van der Waals surface area contributed by atoms with Crippen LogP contribution in [0, 0.1) is 5.82 Å². The van der Waals surface area contributed by atoms with E-state index in [9.17, 15) is 14.0 Å². The van der Waals surface area contributed by atoms with Crippen molar-refractivity contribution in [1.82, 2.24) is 15.6 Å². The number of carbonyl (C=O) groups excluding carboxylic acids is 2. The molecule has 0 saturated carbocycles. The van der Waals surface area contributed by atoms with Crippen LogP contribution < -0.4 is 21.9 Å². The van der Waals surface area contributed by atoms with Gasteiger partial charge in [-0.15, -0.1) is 0 Å². The van der Waals surface area contributed by atoms with Crippen molar-refractivity contribution in [2.75, 3.05) is 12.0 Å². The Bertz CT molecular complexity index is 493. The van der Waals surface area contributed by atoms with Gasteiger partial charge < -0.3 is 16.1 Å². The first-order chi connectivity index (χ1) is 8.61. The first-order valence-electron chi connectivity index (χ1n) is 5.30. The molecule has 1 saturated heterocycles. The molecular formula is C10H12FN5O2. The van der Waals surface area contributed by atoms with E-state index in [-0.39, 0.29) is 29.8 Å². The molecule has 1 aromatic rings. The molecule has 1 unspecified atom stereocenters. The minimum atomic E-state index is -0.824. The van der Waals surface area contributed by atoms with Gasteiger partial charge >= 0.3 is 0 Å². The van der Waals surface area contributed by atoms with Gasteiger partial charge in [-0.05, 0) is 6.07 Å². The van der Waals surface area contributed by atoms with Gasteiger partial charge in [0.15, 0.2) is 11.6 Å². The lowest BCUT2D eigenvalue weighted by molar-refractivity contribution is -0.119. The van der Waals surface area contributed by atoms with Crippen LogP contribution in [-0.2, 0) is 4.79 Å². The molecule has 7 nitrogen and oxygen atoms in total. The van der Waals surface area contributed by atoms with Crippen molar-refractivity contribution in [2.24, 2.45) is 5.84 Å². The number of nitrogen functional groups attached to an aromatic ring is 1. The third kappa shape index (κ3) is 2.38. The average Bonchev–Trinajstić information content (AvgIpc) is 2.75. The Morgan fingerprint density at radius 3 is 3.00 bits per heavy atom. The van der Waals surface area contributed by atoms with Crippen LogP contribution >= 0.6 is 0 Å². The van der Waals surface area contributed by atoms with Gasteiger partial charge in [0.1, 0.15) is 0 Å². The molecule has 1 fully saturated rings. The summed E-state index contributed by atoms with van der Waals surface area (Å²) < 4.78 is 13.7. The molecule has 1 atom stereocenters. The van der Waals surface area contributed by atoms with Crippen LogP contribution in [-0.4, -0.2) is 29.4 Å². The summed E-state index contributed by atoms with van der Waals surface area (Å²) in [6.45, 7) is 0.346. The zero-order chi connectivity index (χ0) is 13.1. The van der Waals surface area contributed by atoms with Gasteiger partial charge in [-0.25, -0.2) is 15.2 Å². The zero-order valence-corrected chi connectivity index (χ0v) is 9.37. The van der Waals surface area contributed by atoms with Crippen molar-refractivity contribution in [3.8, 4) is 0 Å². The summed E-state index contributed by atoms with van der Waals surface area (Å²) in [5.74, 6) is 3.29. The number of pyridine rings is 1. The van der Waals surface area contributed by atoms with Crippen molar-refractivity contribution >= 4 is 17.6 Å². The highest BCUT2D eigenvalue weighted by Gasteiger charge is 2.25. The molecular weight excluding hydrogens is 241 g/mol. The van der Waals surface area contributed by atoms with Crippen molar-refractivity contribution in [1.29, 1.82) is 0 Å². The quantitative estimate of drug-likeness (QED) is 0.413. The molecule has 0 aromatic carbocycles. The third-order valence-electron chi connectivity index (χ3n) is 2.58. The fourth-order valence-corrected chi connectivity index (χ4v) is 1.69. The lowest BCUT2D eigenvalue weighted by Crippen LogP contribution is -2.36. The number of amides is 2. The first kappa shape index (κ1) is 12.2. The maximum absolute atomic E-state index is 13.7. The van der Waals surface area contributed by atoms with E-state index in [4.69, 9.17) is 5.84 Å². The highest BCUT2D eigenvalue weighted by atomic mass is 19.1. The normalized spacial score (nSPS) is 18.3. The largest absolute Gasteiger partial charge is 0.354 e. The van der Waals surface area contributed by atoms with E-state index in [2.05, 4.69) is 21.0 Å². The van der Waals surface area contributed by atoms with Gasteiger partial charge in [0.2, 0.25) is 5.91 Å². The molecule has 2 amide bonds. The number of nitrogens with zero attached hydrogens (tertiary/aromatic N) is 1. The Morgan fingerprint density at radius 1 is 1.61 bits per heavy atom. The second-order valence-electron chi connectivity index (χ2n) is 3.84. The van der Waals surface area contributed by atoms with Crippen LogP contribution in [0.25, 0.3) is 0 Å². The van der Waals surface area contributed by atoms with Gasteiger partial charge in [-0.2, -0.15) is 0 Å². The van der Waals surface area contributed by atoms with E-state index >= 15 is 0 Å². The van der Waals surface area contributed by atoms with E-state index in [1.54, 1.807) is 0 Å². The second-order valence-corrected chi connectivity index (χ2v) is 3.84.